The molecule has 1 aliphatic carbocycles. The van der Waals surface area contributed by atoms with Crippen LogP contribution in [0.4, 0.5) is 11.4 Å². The van der Waals surface area contributed by atoms with Crippen LogP contribution < -0.4 is 16.0 Å². The van der Waals surface area contributed by atoms with Crippen LogP contribution in [0.15, 0.2) is 18.2 Å². The third-order valence-corrected chi connectivity index (χ3v) is 5.37. The molecular formula is C19H28N4O3. The highest BCUT2D eigenvalue weighted by molar-refractivity contribution is 5.95. The largest absolute Gasteiger partial charge is 0.365 e. The van der Waals surface area contributed by atoms with E-state index in [4.69, 9.17) is 5.73 Å². The van der Waals surface area contributed by atoms with Crippen molar-refractivity contribution in [2.75, 3.05) is 24.5 Å². The number of carbonyl (C=O) groups excluding carboxylic acids is 1. The molecule has 0 bridgehead atoms. The lowest BCUT2D eigenvalue weighted by Gasteiger charge is -2.36. The van der Waals surface area contributed by atoms with Gasteiger partial charge in [-0.25, -0.2) is 0 Å². The number of nitrogens with one attached hydrogen (secondary N) is 1. The molecule has 1 saturated carbocycles. The summed E-state index contributed by atoms with van der Waals surface area (Å²) in [5.74, 6) is 1.17. The number of piperidine rings is 1. The van der Waals surface area contributed by atoms with Gasteiger partial charge in [-0.2, -0.15) is 0 Å². The Bertz CT molecular complexity index is 679. The van der Waals surface area contributed by atoms with Crippen molar-refractivity contribution in [1.82, 2.24) is 5.32 Å². The van der Waals surface area contributed by atoms with Crippen LogP contribution in [0.1, 0.15) is 43.5 Å². The summed E-state index contributed by atoms with van der Waals surface area (Å²) in [4.78, 5) is 25.6. The molecule has 7 nitrogen and oxygen atoms in total. The van der Waals surface area contributed by atoms with E-state index in [1.54, 1.807) is 12.1 Å². The topological polar surface area (TPSA) is 102 Å². The van der Waals surface area contributed by atoms with Crippen LogP contribution >= 0.6 is 0 Å². The smallest absolute Gasteiger partial charge is 0.293 e. The normalized spacial score (nSPS) is 24.2. The molecule has 7 heteroatoms. The van der Waals surface area contributed by atoms with E-state index in [9.17, 15) is 14.9 Å². The van der Waals surface area contributed by atoms with Gasteiger partial charge >= 0.3 is 0 Å². The van der Waals surface area contributed by atoms with Crippen molar-refractivity contribution in [3.8, 4) is 0 Å². The van der Waals surface area contributed by atoms with Gasteiger partial charge in [-0.15, -0.1) is 0 Å². The van der Waals surface area contributed by atoms with Crippen LogP contribution in [0.2, 0.25) is 0 Å². The first-order chi connectivity index (χ1) is 12.3. The molecule has 1 aliphatic heterocycles. The number of amides is 1. The molecule has 0 aromatic heterocycles. The Morgan fingerprint density at radius 2 is 2.00 bits per heavy atom. The number of hydrogen-bond donors (Lipinski definition) is 2. The van der Waals surface area contributed by atoms with E-state index in [-0.39, 0.29) is 17.6 Å². The Morgan fingerprint density at radius 1 is 1.35 bits per heavy atom. The van der Waals surface area contributed by atoms with Crippen LogP contribution in [0.25, 0.3) is 0 Å². The first kappa shape index (κ1) is 18.6. The molecule has 142 valence electrons. The fraction of sp³-hybridized carbons (Fsp3) is 0.632. The summed E-state index contributed by atoms with van der Waals surface area (Å²) in [5, 5.41) is 14.4. The van der Waals surface area contributed by atoms with Gasteiger partial charge < -0.3 is 16.0 Å². The number of benzene rings is 1. The van der Waals surface area contributed by atoms with E-state index in [1.165, 1.54) is 6.07 Å². The molecule has 0 radical (unpaired) electrons. The van der Waals surface area contributed by atoms with Gasteiger partial charge in [0.15, 0.2) is 0 Å². The highest BCUT2D eigenvalue weighted by Crippen LogP contribution is 2.34. The maximum atomic E-state index is 12.4. The van der Waals surface area contributed by atoms with Crippen molar-refractivity contribution in [2.45, 2.75) is 39.2 Å². The second-order valence-electron chi connectivity index (χ2n) is 8.02. The number of carbonyl (C=O) groups is 1. The lowest BCUT2D eigenvalue weighted by molar-refractivity contribution is -0.384. The quantitative estimate of drug-likeness (QED) is 0.600. The van der Waals surface area contributed by atoms with Gasteiger partial charge in [0.25, 0.3) is 11.6 Å². The minimum Gasteiger partial charge on any atom is -0.365 e. The van der Waals surface area contributed by atoms with Gasteiger partial charge in [0.1, 0.15) is 5.69 Å². The molecule has 1 aromatic rings. The number of hydrogen-bond acceptors (Lipinski definition) is 5. The lowest BCUT2D eigenvalue weighted by atomic mass is 9.91. The molecule has 3 N–H and O–H groups in total. The molecule has 1 amide bonds. The summed E-state index contributed by atoms with van der Waals surface area (Å²) >= 11 is 0. The molecule has 26 heavy (non-hydrogen) atoms. The van der Waals surface area contributed by atoms with Crippen LogP contribution in [0.3, 0.4) is 0 Å². The molecule has 1 aromatic carbocycles. The van der Waals surface area contributed by atoms with Crippen molar-refractivity contribution >= 4 is 17.3 Å². The summed E-state index contributed by atoms with van der Waals surface area (Å²) < 4.78 is 0. The zero-order valence-electron chi connectivity index (χ0n) is 15.5. The van der Waals surface area contributed by atoms with Gasteiger partial charge in [0, 0.05) is 37.3 Å². The van der Waals surface area contributed by atoms with Crippen LogP contribution in [0, 0.1) is 27.9 Å². The number of nitro benzene ring substituents is 1. The number of anilines is 1. The first-order valence-corrected chi connectivity index (χ1v) is 9.42. The van der Waals surface area contributed by atoms with Crippen LogP contribution in [0.5, 0.6) is 0 Å². The van der Waals surface area contributed by atoms with E-state index < -0.39 is 4.92 Å². The van der Waals surface area contributed by atoms with E-state index in [0.717, 1.165) is 32.4 Å². The third-order valence-electron chi connectivity index (χ3n) is 5.37. The van der Waals surface area contributed by atoms with E-state index >= 15 is 0 Å². The average Bonchev–Trinajstić information content (AvgIpc) is 3.43. The molecule has 2 aliphatic rings. The summed E-state index contributed by atoms with van der Waals surface area (Å²) in [6, 6.07) is 4.73. The van der Waals surface area contributed by atoms with E-state index in [0.29, 0.717) is 35.5 Å². The number of rotatable bonds is 6. The maximum Gasteiger partial charge on any atom is 0.293 e. The zero-order chi connectivity index (χ0) is 18.8. The summed E-state index contributed by atoms with van der Waals surface area (Å²) in [5.41, 5.74) is 6.90. The zero-order valence-corrected chi connectivity index (χ0v) is 15.5. The predicted molar refractivity (Wildman–Crippen MR) is 101 cm³/mol. The summed E-state index contributed by atoms with van der Waals surface area (Å²) in [6.07, 6.45) is 3.36. The number of nitrogens with zero attached hydrogens (tertiary/aromatic N) is 2. The van der Waals surface area contributed by atoms with Gasteiger partial charge in [0.2, 0.25) is 0 Å². The van der Waals surface area contributed by atoms with Crippen molar-refractivity contribution in [3.05, 3.63) is 33.9 Å². The number of nitro groups is 1. The molecule has 1 heterocycles. The summed E-state index contributed by atoms with van der Waals surface area (Å²) in [6.45, 7) is 6.33. The van der Waals surface area contributed by atoms with Gasteiger partial charge in [-0.05, 0) is 49.1 Å². The predicted octanol–water partition coefficient (Wildman–Crippen LogP) is 2.54. The first-order valence-electron chi connectivity index (χ1n) is 9.42. The van der Waals surface area contributed by atoms with E-state index in [2.05, 4.69) is 24.1 Å². The Labute approximate surface area is 154 Å². The molecular weight excluding hydrogens is 332 g/mol. The minimum absolute atomic E-state index is 0.00885. The second kappa shape index (κ2) is 7.61. The Kier molecular flexibility index (Phi) is 5.46. The lowest BCUT2D eigenvalue weighted by Crippen LogP contribution is -2.39. The van der Waals surface area contributed by atoms with E-state index in [1.807, 2.05) is 0 Å². The average molecular weight is 360 g/mol. The van der Waals surface area contributed by atoms with Crippen molar-refractivity contribution in [1.29, 1.82) is 0 Å². The van der Waals surface area contributed by atoms with Crippen molar-refractivity contribution in [3.63, 3.8) is 0 Å². The molecule has 2 fully saturated rings. The van der Waals surface area contributed by atoms with Crippen molar-refractivity contribution < 1.29 is 9.72 Å². The summed E-state index contributed by atoms with van der Waals surface area (Å²) in [7, 11) is 0. The Morgan fingerprint density at radius 3 is 2.58 bits per heavy atom. The second-order valence-corrected chi connectivity index (χ2v) is 8.02. The number of nitrogens with two attached hydrogens (primary N) is 1. The van der Waals surface area contributed by atoms with Crippen molar-refractivity contribution in [2.24, 2.45) is 23.5 Å². The molecule has 1 saturated heterocycles. The van der Waals surface area contributed by atoms with Gasteiger partial charge in [-0.3, -0.25) is 14.9 Å². The molecule has 3 atom stereocenters. The Hall–Kier alpha value is -2.15. The third kappa shape index (κ3) is 4.33. The van der Waals surface area contributed by atoms with Crippen LogP contribution in [-0.2, 0) is 0 Å². The molecule has 3 unspecified atom stereocenters. The maximum absolute atomic E-state index is 12.4. The SMILES string of the molecule is CC1CC(C)CN(c2ccc(C(=O)NCC(N)C3CC3)cc2[N+](=O)[O-])C1. The minimum atomic E-state index is -0.397. The van der Waals surface area contributed by atoms with Gasteiger partial charge in [-0.1, -0.05) is 13.8 Å². The van der Waals surface area contributed by atoms with Crippen LogP contribution in [-0.4, -0.2) is 36.5 Å². The Balaban J connectivity index is 1.75. The highest BCUT2D eigenvalue weighted by atomic mass is 16.6. The fourth-order valence-corrected chi connectivity index (χ4v) is 3.94. The van der Waals surface area contributed by atoms with Gasteiger partial charge in [0.05, 0.1) is 4.92 Å². The highest BCUT2D eigenvalue weighted by Gasteiger charge is 2.30. The monoisotopic (exact) mass is 360 g/mol. The standard InChI is InChI=1S/C19H28N4O3/c1-12-7-13(2)11-22(10-12)17-6-5-15(8-18(17)23(25)26)19(24)21-9-16(20)14-3-4-14/h5-6,8,12-14,16H,3-4,7,9-11,20H2,1-2H3,(H,21,24). The fourth-order valence-electron chi connectivity index (χ4n) is 3.94. The molecule has 3 rings (SSSR count). The molecule has 0 spiro atoms.